The summed E-state index contributed by atoms with van der Waals surface area (Å²) in [6.45, 7) is 0. The molecule has 4 fully saturated rings. The molecule has 56 heavy (non-hydrogen) atoms. The minimum absolute atomic E-state index is 0.168. The highest BCUT2D eigenvalue weighted by atomic mass is 15.0. The highest BCUT2D eigenvalue weighted by Crippen LogP contribution is 2.66. The first-order valence-electron chi connectivity index (χ1n) is 19.7. The van der Waals surface area contributed by atoms with Crippen molar-refractivity contribution in [3.8, 4) is 51.4 Å². The molecule has 8 aromatic rings. The molecule has 0 amide bonds. The van der Waals surface area contributed by atoms with Crippen LogP contribution in [0.5, 0.6) is 0 Å². The van der Waals surface area contributed by atoms with Gasteiger partial charge in [-0.2, -0.15) is 5.26 Å². The summed E-state index contributed by atoms with van der Waals surface area (Å²) in [7, 11) is 0. The summed E-state index contributed by atoms with van der Waals surface area (Å²) in [5.74, 6) is 3.41. The van der Waals surface area contributed by atoms with E-state index in [1.165, 1.54) is 55.2 Å². The second-order valence-electron chi connectivity index (χ2n) is 16.5. The Balaban J connectivity index is 0.944. The third-order valence-electron chi connectivity index (χ3n) is 13.0. The molecule has 3 heterocycles. The molecule has 3 aromatic heterocycles. The molecule has 5 aromatic carbocycles. The highest BCUT2D eigenvalue weighted by Gasteiger charge is 2.58. The van der Waals surface area contributed by atoms with Gasteiger partial charge in [0.15, 0.2) is 17.5 Å². The Labute approximate surface area is 326 Å². The van der Waals surface area contributed by atoms with Crippen LogP contribution in [0, 0.1) is 23.2 Å². The fourth-order valence-electron chi connectivity index (χ4n) is 10.8. The maximum absolute atomic E-state index is 9.25. The Bertz CT molecular complexity index is 2730. The zero-order valence-corrected chi connectivity index (χ0v) is 30.9. The fraction of sp³-hybridized carbons (Fsp3) is 0.200. The van der Waals surface area contributed by atoms with Gasteiger partial charge < -0.3 is 0 Å². The van der Waals surface area contributed by atoms with Crippen molar-refractivity contribution in [1.29, 1.82) is 5.26 Å². The summed E-state index contributed by atoms with van der Waals surface area (Å²) in [6, 6.07) is 49.2. The quantitative estimate of drug-likeness (QED) is 0.170. The van der Waals surface area contributed by atoms with Gasteiger partial charge in [-0.05, 0) is 132 Å². The average molecular weight is 723 g/mol. The van der Waals surface area contributed by atoms with Gasteiger partial charge in [-0.3, -0.25) is 9.97 Å². The summed E-state index contributed by atoms with van der Waals surface area (Å²) in [5.41, 5.74) is 11.0. The number of aromatic nitrogens is 5. The van der Waals surface area contributed by atoms with Crippen molar-refractivity contribution in [3.05, 3.63) is 163 Å². The van der Waals surface area contributed by atoms with Crippen molar-refractivity contribution in [2.45, 2.75) is 49.4 Å². The molecule has 4 saturated carbocycles. The molecule has 268 valence electrons. The second kappa shape index (κ2) is 12.7. The van der Waals surface area contributed by atoms with Crippen LogP contribution in [0.3, 0.4) is 0 Å². The predicted molar refractivity (Wildman–Crippen MR) is 221 cm³/mol. The monoisotopic (exact) mass is 722 g/mol. The van der Waals surface area contributed by atoms with Crippen LogP contribution in [0.2, 0.25) is 0 Å². The number of pyridine rings is 2. The van der Waals surface area contributed by atoms with Gasteiger partial charge in [0.2, 0.25) is 0 Å². The van der Waals surface area contributed by atoms with Crippen molar-refractivity contribution in [2.24, 2.45) is 11.8 Å². The zero-order chi connectivity index (χ0) is 37.3. The molecule has 4 aliphatic carbocycles. The molecule has 0 N–H and O–H groups in total. The standard InChI is InChI=1S/C50H38N6/c51-30-32-5-7-35(8-6-32)36-11-16-42(17-12-36)49-26-33-23-34(27-49)29-50(28-33,31-49)43-18-13-38(14-19-43)46-54-47(40-15-20-44-39(24-40)4-2-21-52-44)56-48(55-46)41-10-9-37-3-1-22-53-45(37)25-41/h1-22,24-25,33-34H,23,26-29,31H2. The lowest BCUT2D eigenvalue weighted by atomic mass is 9.41. The van der Waals surface area contributed by atoms with Crippen LogP contribution in [0.4, 0.5) is 0 Å². The first kappa shape index (κ1) is 32.8. The zero-order valence-electron chi connectivity index (χ0n) is 30.9. The van der Waals surface area contributed by atoms with Crippen LogP contribution < -0.4 is 0 Å². The molecule has 0 aliphatic heterocycles. The smallest absolute Gasteiger partial charge is 0.164 e. The number of nitrogens with zero attached hydrogens (tertiary/aromatic N) is 6. The number of hydrogen-bond donors (Lipinski definition) is 0. The molecule has 0 radical (unpaired) electrons. The van der Waals surface area contributed by atoms with E-state index in [2.05, 4.69) is 113 Å². The van der Waals surface area contributed by atoms with E-state index in [9.17, 15) is 5.26 Å². The van der Waals surface area contributed by atoms with Gasteiger partial charge in [-0.15, -0.1) is 0 Å². The van der Waals surface area contributed by atoms with E-state index in [4.69, 9.17) is 15.0 Å². The molecule has 0 saturated heterocycles. The van der Waals surface area contributed by atoms with Crippen molar-refractivity contribution >= 4 is 21.8 Å². The van der Waals surface area contributed by atoms with Gasteiger partial charge in [0.05, 0.1) is 22.7 Å². The van der Waals surface area contributed by atoms with Crippen molar-refractivity contribution in [2.75, 3.05) is 0 Å². The Morgan fingerprint density at radius 3 is 1.61 bits per heavy atom. The van der Waals surface area contributed by atoms with Gasteiger partial charge in [-0.1, -0.05) is 84.9 Å². The summed E-state index contributed by atoms with van der Waals surface area (Å²) < 4.78 is 0. The number of rotatable bonds is 6. The SMILES string of the molecule is N#Cc1ccc(-c2ccc(C34CC5CC(C3)CC(c3ccc(-c6nc(-c7ccc8ncccc8c7)nc(-c7ccc8cccnc8c7)n6)cc3)(C5)C4)cc2)cc1. The number of hydrogen-bond acceptors (Lipinski definition) is 6. The van der Waals surface area contributed by atoms with Crippen molar-refractivity contribution in [1.82, 2.24) is 24.9 Å². The number of nitriles is 1. The lowest BCUT2D eigenvalue weighted by Crippen LogP contribution is -2.55. The van der Waals surface area contributed by atoms with Crippen molar-refractivity contribution < 1.29 is 0 Å². The van der Waals surface area contributed by atoms with E-state index in [-0.39, 0.29) is 10.8 Å². The first-order valence-corrected chi connectivity index (χ1v) is 19.7. The summed E-state index contributed by atoms with van der Waals surface area (Å²) in [4.78, 5) is 24.4. The molecular weight excluding hydrogens is 685 g/mol. The van der Waals surface area contributed by atoms with Crippen LogP contribution in [0.25, 0.3) is 67.1 Å². The van der Waals surface area contributed by atoms with Crippen molar-refractivity contribution in [3.63, 3.8) is 0 Å². The van der Waals surface area contributed by atoms with E-state index in [1.54, 1.807) is 0 Å². The molecule has 6 heteroatoms. The molecule has 2 unspecified atom stereocenters. The first-order chi connectivity index (χ1) is 27.5. The predicted octanol–water partition coefficient (Wildman–Crippen LogP) is 11.3. The number of benzene rings is 5. The Kier molecular flexibility index (Phi) is 7.47. The maximum Gasteiger partial charge on any atom is 0.164 e. The van der Waals surface area contributed by atoms with E-state index in [1.807, 2.05) is 48.8 Å². The lowest BCUT2D eigenvalue weighted by Gasteiger charge is -2.63. The molecule has 12 rings (SSSR count). The van der Waals surface area contributed by atoms with Crippen LogP contribution in [0.15, 0.2) is 146 Å². The Morgan fingerprint density at radius 1 is 0.482 bits per heavy atom. The van der Waals surface area contributed by atoms with E-state index >= 15 is 0 Å². The lowest BCUT2D eigenvalue weighted by molar-refractivity contribution is -0.0281. The molecule has 6 nitrogen and oxygen atoms in total. The van der Waals surface area contributed by atoms with Crippen LogP contribution in [0.1, 0.15) is 55.2 Å². The summed E-state index contributed by atoms with van der Waals surface area (Å²) in [5, 5.41) is 11.4. The van der Waals surface area contributed by atoms with Crippen LogP contribution in [-0.4, -0.2) is 24.9 Å². The minimum atomic E-state index is 0.168. The van der Waals surface area contributed by atoms with Crippen LogP contribution >= 0.6 is 0 Å². The number of fused-ring (bicyclic) bond motifs is 2. The minimum Gasteiger partial charge on any atom is -0.256 e. The van der Waals surface area contributed by atoms with Gasteiger partial charge in [0.25, 0.3) is 0 Å². The highest BCUT2D eigenvalue weighted by molar-refractivity contribution is 5.85. The molecular formula is C50H38N6. The van der Waals surface area contributed by atoms with Gasteiger partial charge in [0.1, 0.15) is 0 Å². The average Bonchev–Trinajstić information content (AvgIpc) is 3.25. The molecule has 2 atom stereocenters. The Morgan fingerprint density at radius 2 is 0.982 bits per heavy atom. The summed E-state index contributed by atoms with van der Waals surface area (Å²) in [6.07, 6.45) is 11.3. The third kappa shape index (κ3) is 5.57. The molecule has 4 aliphatic rings. The second-order valence-corrected chi connectivity index (χ2v) is 16.5. The normalized spacial score (nSPS) is 22.3. The molecule has 0 spiro atoms. The Hall–Kier alpha value is -6.58. The topological polar surface area (TPSA) is 88.2 Å². The van der Waals surface area contributed by atoms with Gasteiger partial charge in [0, 0.05) is 39.9 Å². The largest absolute Gasteiger partial charge is 0.256 e. The van der Waals surface area contributed by atoms with Gasteiger partial charge >= 0.3 is 0 Å². The fourth-order valence-corrected chi connectivity index (χ4v) is 10.8. The maximum atomic E-state index is 9.25. The van der Waals surface area contributed by atoms with Crippen LogP contribution in [-0.2, 0) is 10.8 Å². The molecule has 4 bridgehead atoms. The van der Waals surface area contributed by atoms with E-state index in [0.717, 1.165) is 55.9 Å². The summed E-state index contributed by atoms with van der Waals surface area (Å²) >= 11 is 0. The third-order valence-corrected chi connectivity index (χ3v) is 13.0. The van der Waals surface area contributed by atoms with E-state index in [0.29, 0.717) is 23.0 Å². The van der Waals surface area contributed by atoms with E-state index < -0.39 is 0 Å². The van der Waals surface area contributed by atoms with Gasteiger partial charge in [-0.25, -0.2) is 15.0 Å².